The zero-order valence-corrected chi connectivity index (χ0v) is 14.9. The average molecular weight is 349 g/mol. The molecule has 7 heteroatoms. The van der Waals surface area contributed by atoms with Gasteiger partial charge in [0.1, 0.15) is 5.75 Å². The lowest BCUT2D eigenvalue weighted by atomic mass is 10.1. The average Bonchev–Trinajstić information content (AvgIpc) is 3.21. The van der Waals surface area contributed by atoms with Crippen LogP contribution in [0.2, 0.25) is 0 Å². The van der Waals surface area contributed by atoms with E-state index in [1.165, 1.54) is 0 Å². The predicted octanol–water partition coefficient (Wildman–Crippen LogP) is 1.89. The third kappa shape index (κ3) is 3.62. The van der Waals surface area contributed by atoms with Crippen LogP contribution >= 0.6 is 0 Å². The van der Waals surface area contributed by atoms with Gasteiger partial charge in [-0.2, -0.15) is 5.10 Å². The van der Waals surface area contributed by atoms with Crippen LogP contribution in [0.1, 0.15) is 18.9 Å². The molecule has 0 radical (unpaired) electrons. The third-order valence-corrected chi connectivity index (χ3v) is 6.29. The van der Waals surface area contributed by atoms with Crippen LogP contribution in [-0.2, 0) is 16.4 Å². The molecule has 0 unspecified atom stereocenters. The van der Waals surface area contributed by atoms with E-state index < -0.39 is 9.84 Å². The van der Waals surface area contributed by atoms with Gasteiger partial charge < -0.3 is 4.74 Å². The summed E-state index contributed by atoms with van der Waals surface area (Å²) in [5.74, 6) is 1.33. The number of hydrogen-bond acceptors (Lipinski definition) is 5. The second kappa shape index (κ2) is 6.94. The number of methoxy groups -OCH3 is 1. The number of sulfone groups is 1. The summed E-state index contributed by atoms with van der Waals surface area (Å²) in [5.41, 5.74) is 2.06. The molecule has 1 aliphatic rings. The molecule has 0 amide bonds. The first-order valence-electron chi connectivity index (χ1n) is 8.14. The van der Waals surface area contributed by atoms with Crippen LogP contribution in [-0.4, -0.2) is 54.3 Å². The standard InChI is InChI=1S/C17H23N3O3S/c1-3-19(15-7-10-24(21,22)13-15)12-14-11-16(23-2)5-6-17(14)20-9-4-8-18-20/h4-6,8-9,11,15H,3,7,10,12-13H2,1-2H3/t15-/m1/s1. The van der Waals surface area contributed by atoms with E-state index >= 15 is 0 Å². The predicted molar refractivity (Wildman–Crippen MR) is 93.3 cm³/mol. The van der Waals surface area contributed by atoms with E-state index in [0.29, 0.717) is 13.0 Å². The first-order valence-corrected chi connectivity index (χ1v) is 9.96. The van der Waals surface area contributed by atoms with Crippen molar-refractivity contribution in [3.63, 3.8) is 0 Å². The Balaban J connectivity index is 1.89. The molecule has 3 rings (SSSR count). The molecular formula is C17H23N3O3S. The minimum Gasteiger partial charge on any atom is -0.497 e. The fraction of sp³-hybridized carbons (Fsp3) is 0.471. The first kappa shape index (κ1) is 17.0. The number of ether oxygens (including phenoxy) is 1. The number of nitrogens with zero attached hydrogens (tertiary/aromatic N) is 3. The summed E-state index contributed by atoms with van der Waals surface area (Å²) in [6.07, 6.45) is 4.36. The molecule has 6 nitrogen and oxygen atoms in total. The second-order valence-corrected chi connectivity index (χ2v) is 8.29. The number of rotatable bonds is 6. The fourth-order valence-corrected chi connectivity index (χ4v) is 4.99. The molecule has 130 valence electrons. The van der Waals surface area contributed by atoms with Gasteiger partial charge in [0.05, 0.1) is 24.3 Å². The normalized spacial score (nSPS) is 19.7. The van der Waals surface area contributed by atoms with Crippen molar-refractivity contribution in [2.45, 2.75) is 25.9 Å². The van der Waals surface area contributed by atoms with E-state index in [9.17, 15) is 8.42 Å². The SMILES string of the molecule is CCN(Cc1cc(OC)ccc1-n1cccn1)[C@@H]1CCS(=O)(=O)C1. The first-order chi connectivity index (χ1) is 11.5. The summed E-state index contributed by atoms with van der Waals surface area (Å²) >= 11 is 0. The fourth-order valence-electron chi connectivity index (χ4n) is 3.23. The van der Waals surface area contributed by atoms with E-state index in [1.807, 2.05) is 35.1 Å². The summed E-state index contributed by atoms with van der Waals surface area (Å²) in [7, 11) is -1.25. The lowest BCUT2D eigenvalue weighted by molar-refractivity contribution is 0.214. The molecule has 2 heterocycles. The van der Waals surface area contributed by atoms with Gasteiger partial charge >= 0.3 is 0 Å². The Morgan fingerprint density at radius 3 is 2.83 bits per heavy atom. The maximum Gasteiger partial charge on any atom is 0.151 e. The van der Waals surface area contributed by atoms with Crippen molar-refractivity contribution >= 4 is 9.84 Å². The van der Waals surface area contributed by atoms with Crippen molar-refractivity contribution in [3.05, 3.63) is 42.2 Å². The Hall–Kier alpha value is -1.86. The Labute approximate surface area is 143 Å². The largest absolute Gasteiger partial charge is 0.497 e. The summed E-state index contributed by atoms with van der Waals surface area (Å²) in [6, 6.07) is 7.87. The van der Waals surface area contributed by atoms with Crippen LogP contribution in [0.4, 0.5) is 0 Å². The van der Waals surface area contributed by atoms with Crippen LogP contribution in [0.3, 0.4) is 0 Å². The van der Waals surface area contributed by atoms with E-state index in [4.69, 9.17) is 4.74 Å². The highest BCUT2D eigenvalue weighted by Crippen LogP contribution is 2.25. The van der Waals surface area contributed by atoms with Crippen LogP contribution in [0.15, 0.2) is 36.7 Å². The van der Waals surface area contributed by atoms with Gasteiger partial charge in [-0.3, -0.25) is 4.90 Å². The topological polar surface area (TPSA) is 64.4 Å². The van der Waals surface area contributed by atoms with Crippen LogP contribution in [0, 0.1) is 0 Å². The molecule has 24 heavy (non-hydrogen) atoms. The zero-order valence-electron chi connectivity index (χ0n) is 14.1. The van der Waals surface area contributed by atoms with Crippen molar-refractivity contribution in [1.82, 2.24) is 14.7 Å². The molecule has 1 saturated heterocycles. The van der Waals surface area contributed by atoms with Crippen molar-refractivity contribution < 1.29 is 13.2 Å². The molecule has 1 fully saturated rings. The second-order valence-electron chi connectivity index (χ2n) is 6.07. The Kier molecular flexibility index (Phi) is 4.91. The van der Waals surface area contributed by atoms with Crippen molar-refractivity contribution in [2.75, 3.05) is 25.2 Å². The molecule has 0 N–H and O–H groups in total. The number of hydrogen-bond donors (Lipinski definition) is 0. The zero-order chi connectivity index (χ0) is 17.2. The van der Waals surface area contributed by atoms with Gasteiger partial charge in [0, 0.05) is 25.0 Å². The monoisotopic (exact) mass is 349 g/mol. The summed E-state index contributed by atoms with van der Waals surface area (Å²) in [5, 5.41) is 4.32. The Morgan fingerprint density at radius 1 is 1.42 bits per heavy atom. The van der Waals surface area contributed by atoms with Gasteiger partial charge in [0.15, 0.2) is 9.84 Å². The van der Waals surface area contributed by atoms with Gasteiger partial charge in [-0.1, -0.05) is 6.92 Å². The maximum absolute atomic E-state index is 11.8. The molecule has 0 spiro atoms. The lowest BCUT2D eigenvalue weighted by Crippen LogP contribution is -2.35. The molecule has 0 bridgehead atoms. The summed E-state index contributed by atoms with van der Waals surface area (Å²) < 4.78 is 30.8. The third-order valence-electron chi connectivity index (χ3n) is 4.54. The molecule has 1 aromatic heterocycles. The number of aromatic nitrogens is 2. The number of benzene rings is 1. The smallest absolute Gasteiger partial charge is 0.151 e. The highest BCUT2D eigenvalue weighted by molar-refractivity contribution is 7.91. The molecule has 2 aromatic rings. The van der Waals surface area contributed by atoms with Crippen LogP contribution in [0.25, 0.3) is 5.69 Å². The Bertz CT molecular complexity index is 787. The van der Waals surface area contributed by atoms with Gasteiger partial charge in [0.25, 0.3) is 0 Å². The molecule has 1 aromatic carbocycles. The van der Waals surface area contributed by atoms with Crippen LogP contribution < -0.4 is 4.74 Å². The lowest BCUT2D eigenvalue weighted by Gasteiger charge is -2.27. The molecule has 0 aliphatic carbocycles. The highest BCUT2D eigenvalue weighted by atomic mass is 32.2. The van der Waals surface area contributed by atoms with Crippen molar-refractivity contribution in [1.29, 1.82) is 0 Å². The van der Waals surface area contributed by atoms with Gasteiger partial charge in [0.2, 0.25) is 0 Å². The quantitative estimate of drug-likeness (QED) is 0.797. The van der Waals surface area contributed by atoms with Crippen molar-refractivity contribution in [3.8, 4) is 11.4 Å². The van der Waals surface area contributed by atoms with Gasteiger partial charge in [-0.15, -0.1) is 0 Å². The minimum absolute atomic E-state index is 0.0803. The van der Waals surface area contributed by atoms with E-state index in [0.717, 1.165) is 23.5 Å². The van der Waals surface area contributed by atoms with E-state index in [2.05, 4.69) is 16.9 Å². The summed E-state index contributed by atoms with van der Waals surface area (Å²) in [6.45, 7) is 3.54. The minimum atomic E-state index is -2.89. The molecule has 0 saturated carbocycles. The maximum atomic E-state index is 11.8. The summed E-state index contributed by atoms with van der Waals surface area (Å²) in [4.78, 5) is 2.23. The van der Waals surface area contributed by atoms with Gasteiger partial charge in [-0.05, 0) is 42.8 Å². The van der Waals surface area contributed by atoms with E-state index in [-0.39, 0.29) is 17.5 Å². The molecule has 1 atom stereocenters. The van der Waals surface area contributed by atoms with E-state index in [1.54, 1.807) is 13.3 Å². The molecule has 1 aliphatic heterocycles. The Morgan fingerprint density at radius 2 is 2.25 bits per heavy atom. The van der Waals surface area contributed by atoms with Crippen LogP contribution in [0.5, 0.6) is 5.75 Å². The van der Waals surface area contributed by atoms with Crippen molar-refractivity contribution in [2.24, 2.45) is 0 Å². The van der Waals surface area contributed by atoms with Gasteiger partial charge in [-0.25, -0.2) is 13.1 Å². The molecular weight excluding hydrogens is 326 g/mol. The highest BCUT2D eigenvalue weighted by Gasteiger charge is 2.31.